The Morgan fingerprint density at radius 1 is 1.38 bits per heavy atom. The minimum atomic E-state index is -4.20. The molecule has 1 aliphatic rings. The molecule has 1 aromatic heterocycles. The van der Waals surface area contributed by atoms with Crippen LogP contribution in [0.4, 0.5) is 29.0 Å². The van der Waals surface area contributed by atoms with Crippen molar-refractivity contribution in [1.82, 2.24) is 9.97 Å². The summed E-state index contributed by atoms with van der Waals surface area (Å²) in [5.74, 6) is 1.30. The summed E-state index contributed by atoms with van der Waals surface area (Å²) in [5.41, 5.74) is 7.42. The maximum absolute atomic E-state index is 10.9. The molecule has 0 fully saturated rings. The predicted molar refractivity (Wildman–Crippen MR) is 99.5 cm³/mol. The summed E-state index contributed by atoms with van der Waals surface area (Å²) >= 11 is 0. The minimum absolute atomic E-state index is 0.125. The number of fused-ring (bicyclic) bond motifs is 1. The van der Waals surface area contributed by atoms with E-state index in [4.69, 9.17) is 20.3 Å². The smallest absolute Gasteiger partial charge is 0.350 e. The van der Waals surface area contributed by atoms with Crippen LogP contribution in [0.15, 0.2) is 30.3 Å². The first kappa shape index (κ1) is 18.4. The molecule has 3 rings (SSSR count). The van der Waals surface area contributed by atoms with Crippen molar-refractivity contribution < 1.29 is 19.1 Å². The average Bonchev–Trinajstić information content (AvgIpc) is 2.96. The predicted octanol–water partition coefficient (Wildman–Crippen LogP) is 1.53. The highest BCUT2D eigenvalue weighted by molar-refractivity contribution is 7.51. The van der Waals surface area contributed by atoms with Crippen LogP contribution in [0.2, 0.25) is 0 Å². The van der Waals surface area contributed by atoms with Crippen LogP contribution in [-0.2, 0) is 9.30 Å². The van der Waals surface area contributed by atoms with Gasteiger partial charge in [0.05, 0.1) is 12.8 Å². The summed E-state index contributed by atoms with van der Waals surface area (Å²) in [6, 6.07) is 9.56. The molecule has 140 valence electrons. The van der Waals surface area contributed by atoms with E-state index in [-0.39, 0.29) is 5.95 Å². The molecule has 0 radical (unpaired) electrons. The zero-order chi connectivity index (χ0) is 18.7. The van der Waals surface area contributed by atoms with Gasteiger partial charge in [0.1, 0.15) is 12.0 Å². The Balaban J connectivity index is 1.74. The highest BCUT2D eigenvalue weighted by Gasteiger charge is 2.27. The van der Waals surface area contributed by atoms with E-state index >= 15 is 0 Å². The number of nitrogens with two attached hydrogens (primary N) is 1. The SMILES string of the molecule is C[C@H](CN1CNc2c(Nc3ccccc3)nc(N)nc21)OCP(=O)(O)O. The summed E-state index contributed by atoms with van der Waals surface area (Å²) in [4.78, 5) is 28.2. The van der Waals surface area contributed by atoms with E-state index in [1.807, 2.05) is 35.2 Å². The molecule has 26 heavy (non-hydrogen) atoms. The lowest BCUT2D eigenvalue weighted by molar-refractivity contribution is 0.0931. The average molecular weight is 380 g/mol. The third-order valence-corrected chi connectivity index (χ3v) is 4.18. The van der Waals surface area contributed by atoms with Gasteiger partial charge in [0, 0.05) is 12.2 Å². The van der Waals surface area contributed by atoms with E-state index in [2.05, 4.69) is 20.6 Å². The number of hydrogen-bond donors (Lipinski definition) is 5. The molecule has 11 heteroatoms. The molecule has 1 aromatic carbocycles. The van der Waals surface area contributed by atoms with Gasteiger partial charge in [-0.15, -0.1) is 0 Å². The number of benzene rings is 1. The van der Waals surface area contributed by atoms with E-state index in [0.29, 0.717) is 30.5 Å². The minimum Gasteiger partial charge on any atom is -0.368 e. The fraction of sp³-hybridized carbons (Fsp3) is 0.333. The number of anilines is 5. The van der Waals surface area contributed by atoms with Gasteiger partial charge in [-0.05, 0) is 19.1 Å². The molecule has 6 N–H and O–H groups in total. The van der Waals surface area contributed by atoms with Crippen molar-refractivity contribution in [3.63, 3.8) is 0 Å². The van der Waals surface area contributed by atoms with Crippen LogP contribution >= 0.6 is 7.60 Å². The summed E-state index contributed by atoms with van der Waals surface area (Å²) in [6.07, 6.45) is -1.02. The molecule has 2 aromatic rings. The van der Waals surface area contributed by atoms with Gasteiger partial charge in [-0.1, -0.05) is 18.2 Å². The van der Waals surface area contributed by atoms with Gasteiger partial charge < -0.3 is 35.8 Å². The summed E-state index contributed by atoms with van der Waals surface area (Å²) in [6.45, 7) is 2.59. The Labute approximate surface area is 150 Å². The van der Waals surface area contributed by atoms with Gasteiger partial charge in [-0.2, -0.15) is 9.97 Å². The number of para-hydroxylation sites is 1. The maximum atomic E-state index is 10.9. The molecule has 2 heterocycles. The Morgan fingerprint density at radius 2 is 2.12 bits per heavy atom. The standard InChI is InChI=1S/C15H21N6O4P/c1-10(25-9-26(22,23)24)7-21-8-17-12-13(19-15(16)20-14(12)21)18-11-5-3-2-4-6-11/h2-6,10,17H,7-9H2,1H3,(H2,22,23,24)(H3,16,18,19,20)/t10-/m1/s1. The molecular weight excluding hydrogens is 359 g/mol. The lowest BCUT2D eigenvalue weighted by Crippen LogP contribution is -2.32. The van der Waals surface area contributed by atoms with Gasteiger partial charge in [0.15, 0.2) is 11.6 Å². The van der Waals surface area contributed by atoms with Crippen LogP contribution in [0.3, 0.4) is 0 Å². The zero-order valence-electron chi connectivity index (χ0n) is 14.2. The highest BCUT2D eigenvalue weighted by Crippen LogP contribution is 2.38. The normalized spacial score (nSPS) is 14.7. The first-order chi connectivity index (χ1) is 12.3. The molecule has 0 aliphatic carbocycles. The largest absolute Gasteiger partial charge is 0.368 e. The summed E-state index contributed by atoms with van der Waals surface area (Å²) in [7, 11) is -4.20. The van der Waals surface area contributed by atoms with Crippen LogP contribution in [0.25, 0.3) is 0 Å². The zero-order valence-corrected chi connectivity index (χ0v) is 15.1. The Hall–Kier alpha value is -2.39. The monoisotopic (exact) mass is 380 g/mol. The maximum Gasteiger partial charge on any atom is 0.350 e. The lowest BCUT2D eigenvalue weighted by atomic mass is 10.3. The van der Waals surface area contributed by atoms with Crippen molar-refractivity contribution in [2.75, 3.05) is 40.8 Å². The second-order valence-corrected chi connectivity index (χ2v) is 7.54. The summed E-state index contributed by atoms with van der Waals surface area (Å²) < 4.78 is 16.1. The molecule has 0 amide bonds. The van der Waals surface area contributed by atoms with Gasteiger partial charge in [0.2, 0.25) is 5.95 Å². The van der Waals surface area contributed by atoms with Gasteiger partial charge >= 0.3 is 7.60 Å². The van der Waals surface area contributed by atoms with Crippen molar-refractivity contribution in [2.24, 2.45) is 0 Å². The van der Waals surface area contributed by atoms with Gasteiger partial charge in [-0.25, -0.2) is 0 Å². The fourth-order valence-electron chi connectivity index (χ4n) is 2.59. The number of hydrogen-bond acceptors (Lipinski definition) is 8. The third-order valence-electron chi connectivity index (χ3n) is 3.69. The van der Waals surface area contributed by atoms with Gasteiger partial charge in [0.25, 0.3) is 0 Å². The molecule has 0 saturated heterocycles. The molecule has 1 atom stereocenters. The molecule has 0 bridgehead atoms. The van der Waals surface area contributed by atoms with Gasteiger partial charge in [-0.3, -0.25) is 4.57 Å². The van der Waals surface area contributed by atoms with Crippen molar-refractivity contribution >= 4 is 36.6 Å². The Bertz CT molecular complexity index is 815. The number of nitrogens with one attached hydrogen (secondary N) is 2. The summed E-state index contributed by atoms with van der Waals surface area (Å²) in [5, 5.41) is 6.43. The van der Waals surface area contributed by atoms with E-state index in [1.165, 1.54) is 0 Å². The molecule has 0 saturated carbocycles. The van der Waals surface area contributed by atoms with Crippen molar-refractivity contribution in [3.8, 4) is 0 Å². The van der Waals surface area contributed by atoms with E-state index in [1.54, 1.807) is 6.92 Å². The number of ether oxygens (including phenoxy) is 1. The Morgan fingerprint density at radius 3 is 2.81 bits per heavy atom. The molecule has 0 spiro atoms. The quantitative estimate of drug-likeness (QED) is 0.448. The second kappa shape index (κ2) is 7.46. The number of rotatable bonds is 7. The van der Waals surface area contributed by atoms with Crippen LogP contribution in [0.1, 0.15) is 6.92 Å². The van der Waals surface area contributed by atoms with E-state index in [0.717, 1.165) is 5.69 Å². The topological polar surface area (TPSA) is 146 Å². The highest BCUT2D eigenvalue weighted by atomic mass is 31.2. The van der Waals surface area contributed by atoms with Crippen LogP contribution in [-0.4, -0.2) is 45.4 Å². The van der Waals surface area contributed by atoms with E-state index < -0.39 is 20.0 Å². The Kier molecular flexibility index (Phi) is 5.28. The van der Waals surface area contributed by atoms with Crippen LogP contribution < -0.4 is 21.3 Å². The molecule has 10 nitrogen and oxygen atoms in total. The van der Waals surface area contributed by atoms with Crippen molar-refractivity contribution in [1.29, 1.82) is 0 Å². The number of nitrogens with zero attached hydrogens (tertiary/aromatic N) is 3. The molecular formula is C15H21N6O4P. The number of nitrogen functional groups attached to an aromatic ring is 1. The molecule has 0 unspecified atom stereocenters. The van der Waals surface area contributed by atoms with Crippen molar-refractivity contribution in [3.05, 3.63) is 30.3 Å². The van der Waals surface area contributed by atoms with Crippen molar-refractivity contribution in [2.45, 2.75) is 13.0 Å². The van der Waals surface area contributed by atoms with E-state index in [9.17, 15) is 4.57 Å². The molecule has 1 aliphatic heterocycles. The fourth-order valence-corrected chi connectivity index (χ4v) is 3.04. The van der Waals surface area contributed by atoms with Crippen LogP contribution in [0.5, 0.6) is 0 Å². The lowest BCUT2D eigenvalue weighted by Gasteiger charge is -2.22. The third kappa shape index (κ3) is 4.61. The first-order valence-corrected chi connectivity index (χ1v) is 9.76. The first-order valence-electron chi connectivity index (χ1n) is 7.96. The van der Waals surface area contributed by atoms with Crippen LogP contribution in [0, 0.1) is 0 Å². The second-order valence-electron chi connectivity index (χ2n) is 5.95. The number of aromatic nitrogens is 2.